The van der Waals surface area contributed by atoms with Crippen LogP contribution >= 0.6 is 23.4 Å². The largest absolute Gasteiger partial charge is 0.491 e. The van der Waals surface area contributed by atoms with Crippen LogP contribution in [0.5, 0.6) is 5.75 Å². The lowest BCUT2D eigenvalue weighted by atomic mass is 10.2. The summed E-state index contributed by atoms with van der Waals surface area (Å²) in [5, 5.41) is 9.53. The number of aliphatic hydroxyl groups excluding tert-OH is 1. The monoisotopic (exact) mass is 294 g/mol. The first-order valence-corrected chi connectivity index (χ1v) is 7.36. The number of aliphatic hydroxyl groups is 1. The topological polar surface area (TPSA) is 29.5 Å². The van der Waals surface area contributed by atoms with Crippen molar-refractivity contribution in [3.63, 3.8) is 0 Å². The minimum atomic E-state index is -0.0101. The predicted octanol–water partition coefficient (Wildman–Crippen LogP) is 4.00. The van der Waals surface area contributed by atoms with E-state index in [0.29, 0.717) is 17.4 Å². The molecule has 2 aromatic rings. The van der Waals surface area contributed by atoms with Gasteiger partial charge >= 0.3 is 0 Å². The molecule has 0 saturated carbocycles. The maximum Gasteiger partial charge on any atom is 0.137 e. The predicted molar refractivity (Wildman–Crippen MR) is 80.0 cm³/mol. The van der Waals surface area contributed by atoms with Crippen molar-refractivity contribution in [1.82, 2.24) is 0 Å². The molecule has 0 aliphatic carbocycles. The Hall–Kier alpha value is -1.16. The van der Waals surface area contributed by atoms with Crippen LogP contribution in [0, 0.1) is 0 Å². The molecule has 0 bridgehead atoms. The normalized spacial score (nSPS) is 10.4. The van der Waals surface area contributed by atoms with Gasteiger partial charge in [-0.3, -0.25) is 0 Å². The second kappa shape index (κ2) is 7.43. The molecule has 0 aliphatic heterocycles. The molecule has 0 amide bonds. The van der Waals surface area contributed by atoms with Crippen molar-refractivity contribution in [1.29, 1.82) is 0 Å². The van der Waals surface area contributed by atoms with Crippen LogP contribution < -0.4 is 4.74 Å². The van der Waals surface area contributed by atoms with Gasteiger partial charge in [0.15, 0.2) is 0 Å². The van der Waals surface area contributed by atoms with Crippen LogP contribution in [0.25, 0.3) is 0 Å². The average Bonchev–Trinajstić information content (AvgIpc) is 2.46. The number of thioether (sulfide) groups is 1. The second-order valence-corrected chi connectivity index (χ2v) is 5.51. The van der Waals surface area contributed by atoms with Gasteiger partial charge in [-0.1, -0.05) is 35.9 Å². The molecule has 0 fully saturated rings. The molecule has 0 aliphatic rings. The van der Waals surface area contributed by atoms with Crippen LogP contribution in [-0.4, -0.2) is 17.5 Å². The minimum absolute atomic E-state index is 0.0101. The van der Waals surface area contributed by atoms with Crippen molar-refractivity contribution in [2.24, 2.45) is 0 Å². The summed E-state index contributed by atoms with van der Waals surface area (Å²) in [6, 6.07) is 15.5. The Bertz CT molecular complexity index is 517. The summed E-state index contributed by atoms with van der Waals surface area (Å²) in [7, 11) is 0. The van der Waals surface area contributed by atoms with Gasteiger partial charge in [-0.15, -0.1) is 11.8 Å². The third-order valence-corrected chi connectivity index (χ3v) is 3.80. The molecule has 1 N–H and O–H groups in total. The highest BCUT2D eigenvalue weighted by atomic mass is 35.5. The van der Waals surface area contributed by atoms with Gasteiger partial charge in [0, 0.05) is 10.6 Å². The fourth-order valence-corrected chi connectivity index (χ4v) is 2.60. The lowest BCUT2D eigenvalue weighted by Crippen LogP contribution is -2.00. The summed E-state index contributed by atoms with van der Waals surface area (Å²) in [5.74, 6) is 1.52. The summed E-state index contributed by atoms with van der Waals surface area (Å²) < 4.78 is 5.62. The van der Waals surface area contributed by atoms with E-state index >= 15 is 0 Å². The zero-order valence-electron chi connectivity index (χ0n) is 10.4. The van der Waals surface area contributed by atoms with Gasteiger partial charge in [-0.05, 0) is 29.8 Å². The van der Waals surface area contributed by atoms with Gasteiger partial charge in [0.05, 0.1) is 18.2 Å². The highest BCUT2D eigenvalue weighted by Crippen LogP contribution is 2.26. The van der Waals surface area contributed by atoms with Crippen LogP contribution in [-0.2, 0) is 6.61 Å². The molecule has 100 valence electrons. The van der Waals surface area contributed by atoms with E-state index in [2.05, 4.69) is 12.1 Å². The van der Waals surface area contributed by atoms with Crippen LogP contribution in [0.3, 0.4) is 0 Å². The first-order chi connectivity index (χ1) is 9.29. The number of hydrogen-bond donors (Lipinski definition) is 1. The Kier molecular flexibility index (Phi) is 5.58. The molecule has 0 saturated heterocycles. The van der Waals surface area contributed by atoms with E-state index in [1.165, 1.54) is 4.90 Å². The SMILES string of the molecule is OCc1ccc(OCCSc2ccccc2)c(Cl)c1. The Morgan fingerprint density at radius 2 is 1.89 bits per heavy atom. The van der Waals surface area contributed by atoms with E-state index in [9.17, 15) is 0 Å². The molecule has 4 heteroatoms. The van der Waals surface area contributed by atoms with E-state index in [0.717, 1.165) is 11.3 Å². The standard InChI is InChI=1S/C15H15ClO2S/c16-14-10-12(11-17)6-7-15(14)18-8-9-19-13-4-2-1-3-5-13/h1-7,10,17H,8-9,11H2. The van der Waals surface area contributed by atoms with E-state index in [1.807, 2.05) is 24.3 Å². The van der Waals surface area contributed by atoms with Crippen LogP contribution in [0.2, 0.25) is 5.02 Å². The summed E-state index contributed by atoms with van der Waals surface area (Å²) in [4.78, 5) is 1.23. The maximum atomic E-state index is 8.99. The number of ether oxygens (including phenoxy) is 1. The minimum Gasteiger partial charge on any atom is -0.491 e. The van der Waals surface area contributed by atoms with E-state index in [1.54, 1.807) is 23.9 Å². The Morgan fingerprint density at radius 3 is 2.58 bits per heavy atom. The summed E-state index contributed by atoms with van der Waals surface area (Å²) >= 11 is 7.81. The smallest absolute Gasteiger partial charge is 0.137 e. The fourth-order valence-electron chi connectivity index (χ4n) is 1.59. The maximum absolute atomic E-state index is 8.99. The van der Waals surface area contributed by atoms with Crippen molar-refractivity contribution >= 4 is 23.4 Å². The van der Waals surface area contributed by atoms with Gasteiger partial charge in [0.25, 0.3) is 0 Å². The molecule has 0 atom stereocenters. The molecule has 0 unspecified atom stereocenters. The van der Waals surface area contributed by atoms with Crippen molar-refractivity contribution in [3.8, 4) is 5.75 Å². The highest BCUT2D eigenvalue weighted by Gasteiger charge is 2.02. The highest BCUT2D eigenvalue weighted by molar-refractivity contribution is 7.99. The lowest BCUT2D eigenvalue weighted by molar-refractivity contribution is 0.281. The van der Waals surface area contributed by atoms with Crippen LogP contribution in [0.15, 0.2) is 53.4 Å². The molecule has 19 heavy (non-hydrogen) atoms. The second-order valence-electron chi connectivity index (χ2n) is 3.93. The zero-order chi connectivity index (χ0) is 13.5. The summed E-state index contributed by atoms with van der Waals surface area (Å²) in [5.41, 5.74) is 0.788. The summed E-state index contributed by atoms with van der Waals surface area (Å²) in [6.45, 7) is 0.585. The van der Waals surface area contributed by atoms with Gasteiger partial charge in [-0.25, -0.2) is 0 Å². The first kappa shape index (κ1) is 14.3. The molecule has 0 radical (unpaired) electrons. The molecular formula is C15H15ClO2S. The number of rotatable bonds is 6. The average molecular weight is 295 g/mol. The van der Waals surface area contributed by atoms with Crippen LogP contribution in [0.1, 0.15) is 5.56 Å². The Morgan fingerprint density at radius 1 is 1.11 bits per heavy atom. The van der Waals surface area contributed by atoms with Crippen LogP contribution in [0.4, 0.5) is 0 Å². The number of halogens is 1. The molecule has 2 nitrogen and oxygen atoms in total. The molecular weight excluding hydrogens is 280 g/mol. The third-order valence-electron chi connectivity index (χ3n) is 2.53. The van der Waals surface area contributed by atoms with E-state index < -0.39 is 0 Å². The summed E-state index contributed by atoms with van der Waals surface area (Å²) in [6.07, 6.45) is 0. The van der Waals surface area contributed by atoms with Crippen molar-refractivity contribution < 1.29 is 9.84 Å². The molecule has 2 aromatic carbocycles. The molecule has 2 rings (SSSR count). The Labute approximate surface area is 122 Å². The van der Waals surface area contributed by atoms with Crippen molar-refractivity contribution in [3.05, 3.63) is 59.1 Å². The van der Waals surface area contributed by atoms with Crippen molar-refractivity contribution in [2.75, 3.05) is 12.4 Å². The number of benzene rings is 2. The quantitative estimate of drug-likeness (QED) is 0.645. The first-order valence-electron chi connectivity index (χ1n) is 5.99. The Balaban J connectivity index is 1.80. The van der Waals surface area contributed by atoms with Gasteiger partial charge in [-0.2, -0.15) is 0 Å². The van der Waals surface area contributed by atoms with Gasteiger partial charge < -0.3 is 9.84 Å². The lowest BCUT2D eigenvalue weighted by Gasteiger charge is -2.08. The zero-order valence-corrected chi connectivity index (χ0v) is 12.0. The fraction of sp³-hybridized carbons (Fsp3) is 0.200. The van der Waals surface area contributed by atoms with E-state index in [-0.39, 0.29) is 6.61 Å². The van der Waals surface area contributed by atoms with Crippen molar-refractivity contribution in [2.45, 2.75) is 11.5 Å². The molecule has 0 spiro atoms. The van der Waals surface area contributed by atoms with Gasteiger partial charge in [0.2, 0.25) is 0 Å². The third kappa shape index (κ3) is 4.46. The van der Waals surface area contributed by atoms with Gasteiger partial charge in [0.1, 0.15) is 5.75 Å². The number of hydrogen-bond acceptors (Lipinski definition) is 3. The molecule has 0 heterocycles. The molecule has 0 aromatic heterocycles. The van der Waals surface area contributed by atoms with E-state index in [4.69, 9.17) is 21.4 Å².